The van der Waals surface area contributed by atoms with Gasteiger partial charge < -0.3 is 10.1 Å². The molecule has 25 heavy (non-hydrogen) atoms. The van der Waals surface area contributed by atoms with Crippen LogP contribution in [0.25, 0.3) is 0 Å². The second kappa shape index (κ2) is 7.04. The number of amides is 1. The van der Waals surface area contributed by atoms with Crippen LogP contribution in [0.1, 0.15) is 50.5 Å². The van der Waals surface area contributed by atoms with Crippen LogP contribution in [-0.2, 0) is 14.3 Å². The third kappa shape index (κ3) is 3.55. The van der Waals surface area contributed by atoms with Crippen LogP contribution < -0.4 is 5.32 Å². The Kier molecular flexibility index (Phi) is 4.83. The number of hydrogen-bond acceptors (Lipinski definition) is 5. The van der Waals surface area contributed by atoms with Gasteiger partial charge in [0.1, 0.15) is 6.10 Å². The number of nitrogens with one attached hydrogen (secondary N) is 1. The number of carbonyl (C=O) groups excluding carboxylic acids is 2. The number of para-hydroxylation sites is 1. The topological polar surface area (TPSA) is 98.5 Å². The van der Waals surface area contributed by atoms with Crippen molar-refractivity contribution in [1.82, 2.24) is 5.32 Å². The molecule has 0 saturated heterocycles. The van der Waals surface area contributed by atoms with E-state index < -0.39 is 16.8 Å². The first kappa shape index (κ1) is 17.1. The van der Waals surface area contributed by atoms with E-state index in [-0.39, 0.29) is 24.1 Å². The van der Waals surface area contributed by atoms with E-state index in [0.717, 1.165) is 25.7 Å². The van der Waals surface area contributed by atoms with Crippen molar-refractivity contribution in [3.8, 4) is 0 Å². The molecule has 2 aliphatic rings. The number of ether oxygens (including phenoxy) is 1. The molecule has 1 N–H and O–H groups in total. The molecule has 0 unspecified atom stereocenters. The van der Waals surface area contributed by atoms with Crippen molar-refractivity contribution in [2.75, 3.05) is 0 Å². The van der Waals surface area contributed by atoms with Crippen molar-refractivity contribution in [3.05, 3.63) is 51.2 Å². The first-order valence-corrected chi connectivity index (χ1v) is 8.42. The first-order chi connectivity index (χ1) is 12.0. The first-order valence-electron chi connectivity index (χ1n) is 8.42. The molecule has 1 heterocycles. The Morgan fingerprint density at radius 1 is 1.28 bits per heavy atom. The number of nitro groups is 1. The Morgan fingerprint density at radius 3 is 2.64 bits per heavy atom. The minimum absolute atomic E-state index is 0.0166. The SMILES string of the molecule is CC1=C(C(=O)OC2CCCC2)[C@H](c2ccccc2[N+](=O)[O-])CC(=O)N1. The molecule has 1 aliphatic heterocycles. The smallest absolute Gasteiger partial charge is 0.336 e. The molecule has 7 heteroatoms. The normalized spacial score (nSPS) is 21.2. The third-order valence-corrected chi connectivity index (χ3v) is 4.77. The van der Waals surface area contributed by atoms with Crippen LogP contribution >= 0.6 is 0 Å². The predicted octanol–water partition coefficient (Wildman–Crippen LogP) is 2.96. The summed E-state index contributed by atoms with van der Waals surface area (Å²) in [7, 11) is 0. The zero-order valence-electron chi connectivity index (χ0n) is 14.0. The fourth-order valence-corrected chi connectivity index (χ4v) is 3.61. The van der Waals surface area contributed by atoms with Gasteiger partial charge in [0.05, 0.1) is 10.5 Å². The van der Waals surface area contributed by atoms with Crippen LogP contribution in [-0.4, -0.2) is 22.9 Å². The van der Waals surface area contributed by atoms with Crippen molar-refractivity contribution in [1.29, 1.82) is 0 Å². The van der Waals surface area contributed by atoms with Crippen LogP contribution in [0, 0.1) is 10.1 Å². The lowest BCUT2D eigenvalue weighted by atomic mass is 9.83. The molecule has 132 valence electrons. The van der Waals surface area contributed by atoms with Gasteiger partial charge in [-0.15, -0.1) is 0 Å². The Morgan fingerprint density at radius 2 is 1.96 bits per heavy atom. The summed E-state index contributed by atoms with van der Waals surface area (Å²) < 4.78 is 5.59. The Bertz CT molecular complexity index is 750. The highest BCUT2D eigenvalue weighted by molar-refractivity contribution is 5.96. The van der Waals surface area contributed by atoms with E-state index in [1.54, 1.807) is 25.1 Å². The third-order valence-electron chi connectivity index (χ3n) is 4.77. The van der Waals surface area contributed by atoms with Gasteiger partial charge in [-0.05, 0) is 32.6 Å². The van der Waals surface area contributed by atoms with Crippen molar-refractivity contribution in [2.45, 2.75) is 51.0 Å². The van der Waals surface area contributed by atoms with E-state index in [4.69, 9.17) is 4.74 Å². The van der Waals surface area contributed by atoms with Gasteiger partial charge in [-0.25, -0.2) is 4.79 Å². The summed E-state index contributed by atoms with van der Waals surface area (Å²) >= 11 is 0. The number of rotatable bonds is 4. The van der Waals surface area contributed by atoms with Gasteiger partial charge in [-0.3, -0.25) is 14.9 Å². The number of allylic oxidation sites excluding steroid dienone is 1. The maximum absolute atomic E-state index is 12.7. The van der Waals surface area contributed by atoms with Gasteiger partial charge in [-0.2, -0.15) is 0 Å². The molecule has 0 radical (unpaired) electrons. The molecule has 1 aromatic rings. The summed E-state index contributed by atoms with van der Waals surface area (Å²) in [5, 5.41) is 14.0. The van der Waals surface area contributed by atoms with Crippen molar-refractivity contribution >= 4 is 17.6 Å². The maximum atomic E-state index is 12.7. The lowest BCUT2D eigenvalue weighted by Gasteiger charge is -2.27. The van der Waals surface area contributed by atoms with Gasteiger partial charge in [0, 0.05) is 29.7 Å². The second-order valence-corrected chi connectivity index (χ2v) is 6.47. The van der Waals surface area contributed by atoms with Crippen molar-refractivity contribution in [3.63, 3.8) is 0 Å². The van der Waals surface area contributed by atoms with Gasteiger partial charge in [0.25, 0.3) is 5.69 Å². The van der Waals surface area contributed by atoms with Crippen molar-refractivity contribution in [2.24, 2.45) is 0 Å². The van der Waals surface area contributed by atoms with Gasteiger partial charge >= 0.3 is 5.97 Å². The molecule has 0 spiro atoms. The maximum Gasteiger partial charge on any atom is 0.336 e. The van der Waals surface area contributed by atoms with Gasteiger partial charge in [0.2, 0.25) is 5.91 Å². The minimum atomic E-state index is -0.677. The molecule has 0 bridgehead atoms. The highest BCUT2D eigenvalue weighted by atomic mass is 16.6. The molecule has 1 saturated carbocycles. The summed E-state index contributed by atoms with van der Waals surface area (Å²) in [6.07, 6.45) is 3.59. The number of esters is 1. The van der Waals surface area contributed by atoms with Crippen LogP contribution in [0.3, 0.4) is 0 Å². The zero-order valence-corrected chi connectivity index (χ0v) is 14.0. The summed E-state index contributed by atoms with van der Waals surface area (Å²) in [6, 6.07) is 6.22. The summed E-state index contributed by atoms with van der Waals surface area (Å²) in [4.78, 5) is 35.6. The Hall–Kier alpha value is -2.70. The standard InChI is InChI=1S/C18H20N2O5/c1-11-17(18(22)25-12-6-2-3-7-12)14(10-16(21)19-11)13-8-4-5-9-15(13)20(23)24/h4-5,8-9,12,14H,2-3,6-7,10H2,1H3,(H,19,21)/t14-/m0/s1. The van der Waals surface area contributed by atoms with E-state index in [2.05, 4.69) is 5.32 Å². The highest BCUT2D eigenvalue weighted by Gasteiger charge is 2.37. The van der Waals surface area contributed by atoms with E-state index in [1.165, 1.54) is 6.07 Å². The molecule has 7 nitrogen and oxygen atoms in total. The number of nitrogens with zero attached hydrogens (tertiary/aromatic N) is 1. The molecule has 1 fully saturated rings. The molecule has 1 atom stereocenters. The minimum Gasteiger partial charge on any atom is -0.459 e. The lowest BCUT2D eigenvalue weighted by Crippen LogP contribution is -2.35. The predicted molar refractivity (Wildman–Crippen MR) is 89.6 cm³/mol. The van der Waals surface area contributed by atoms with Crippen LogP contribution in [0.15, 0.2) is 35.5 Å². The number of carbonyl (C=O) groups is 2. The monoisotopic (exact) mass is 344 g/mol. The largest absolute Gasteiger partial charge is 0.459 e. The molecule has 1 aliphatic carbocycles. The van der Waals surface area contributed by atoms with E-state index in [0.29, 0.717) is 16.8 Å². The molecular weight excluding hydrogens is 324 g/mol. The quantitative estimate of drug-likeness (QED) is 0.514. The van der Waals surface area contributed by atoms with E-state index in [9.17, 15) is 19.7 Å². The number of benzene rings is 1. The molecule has 3 rings (SSSR count). The molecule has 0 aromatic heterocycles. The summed E-state index contributed by atoms with van der Waals surface area (Å²) in [5.74, 6) is -1.44. The second-order valence-electron chi connectivity index (χ2n) is 6.47. The summed E-state index contributed by atoms with van der Waals surface area (Å²) in [5.41, 5.74) is 0.976. The molecular formula is C18H20N2O5. The Labute approximate surface area is 145 Å². The average Bonchev–Trinajstić information content (AvgIpc) is 3.06. The van der Waals surface area contributed by atoms with Crippen molar-refractivity contribution < 1.29 is 19.2 Å². The van der Waals surface area contributed by atoms with E-state index >= 15 is 0 Å². The molecule has 1 aromatic carbocycles. The Balaban J connectivity index is 1.98. The van der Waals surface area contributed by atoms with Gasteiger partial charge in [-0.1, -0.05) is 18.2 Å². The van der Waals surface area contributed by atoms with Crippen LogP contribution in [0.2, 0.25) is 0 Å². The van der Waals surface area contributed by atoms with Gasteiger partial charge in [0.15, 0.2) is 0 Å². The zero-order chi connectivity index (χ0) is 18.0. The van der Waals surface area contributed by atoms with Crippen LogP contribution in [0.4, 0.5) is 5.69 Å². The highest BCUT2D eigenvalue weighted by Crippen LogP contribution is 2.38. The number of nitro benzene ring substituents is 1. The van der Waals surface area contributed by atoms with Crippen LogP contribution in [0.5, 0.6) is 0 Å². The number of hydrogen-bond donors (Lipinski definition) is 1. The average molecular weight is 344 g/mol. The fourth-order valence-electron chi connectivity index (χ4n) is 3.61. The molecule has 1 amide bonds. The summed E-state index contributed by atoms with van der Waals surface area (Å²) in [6.45, 7) is 1.63. The fraction of sp³-hybridized carbons (Fsp3) is 0.444. The van der Waals surface area contributed by atoms with E-state index in [1.807, 2.05) is 0 Å². The lowest BCUT2D eigenvalue weighted by molar-refractivity contribution is -0.385.